The molecule has 0 saturated heterocycles. The summed E-state index contributed by atoms with van der Waals surface area (Å²) in [6.07, 6.45) is 0. The molecule has 1 aliphatic rings. The number of carbonyl (C=O) groups is 2. The zero-order chi connectivity index (χ0) is 27.1. The van der Waals surface area contributed by atoms with Gasteiger partial charge in [-0.15, -0.1) is 10.2 Å². The molecule has 6 rings (SSSR count). The van der Waals surface area contributed by atoms with Gasteiger partial charge in [-0.2, -0.15) is 0 Å². The Labute approximate surface area is 240 Å². The highest BCUT2D eigenvalue weighted by Crippen LogP contribution is 2.44. The second kappa shape index (κ2) is 10.4. The molecule has 3 heterocycles. The molecule has 0 bridgehead atoms. The first-order valence-electron chi connectivity index (χ1n) is 12.0. The average molecular weight is 619 g/mol. The van der Waals surface area contributed by atoms with E-state index >= 15 is 0 Å². The fourth-order valence-corrected chi connectivity index (χ4v) is 6.50. The van der Waals surface area contributed by atoms with Crippen molar-refractivity contribution in [2.45, 2.75) is 23.1 Å². The van der Waals surface area contributed by atoms with Crippen LogP contribution < -0.4 is 4.90 Å². The third-order valence-corrected chi connectivity index (χ3v) is 9.03. The molecule has 0 aliphatic carbocycles. The standard InChI is InChI=1S/C29H20BrN3O4S2/c1-16-6-8-17(9-7-16)15-38-29-32-31-28(39-29)33-24(18-10-12-20(30)13-11-18)23(26(35)27(33)36)25(34)22-14-19-4-2-3-5-21(19)37-22/h2-14,24,35H,15H2,1H3/t24-/m1/s1. The van der Waals surface area contributed by atoms with Crippen molar-refractivity contribution >= 4 is 66.8 Å². The summed E-state index contributed by atoms with van der Waals surface area (Å²) >= 11 is 6.18. The number of thioether (sulfide) groups is 1. The zero-order valence-corrected chi connectivity index (χ0v) is 23.7. The molecule has 1 N–H and O–H groups in total. The molecule has 3 aromatic carbocycles. The van der Waals surface area contributed by atoms with Gasteiger partial charge in [0.15, 0.2) is 15.9 Å². The number of fused-ring (bicyclic) bond motifs is 1. The van der Waals surface area contributed by atoms with Gasteiger partial charge >= 0.3 is 0 Å². The number of aliphatic hydroxyl groups is 1. The average Bonchev–Trinajstić information content (AvgIpc) is 3.65. The van der Waals surface area contributed by atoms with Crippen LogP contribution in [0.3, 0.4) is 0 Å². The molecule has 0 saturated carbocycles. The van der Waals surface area contributed by atoms with Crippen LogP contribution in [-0.4, -0.2) is 27.0 Å². The lowest BCUT2D eigenvalue weighted by atomic mass is 9.95. The quantitative estimate of drug-likeness (QED) is 0.115. The van der Waals surface area contributed by atoms with E-state index in [-0.39, 0.29) is 11.3 Å². The highest BCUT2D eigenvalue weighted by atomic mass is 79.9. The summed E-state index contributed by atoms with van der Waals surface area (Å²) < 4.78 is 7.30. The molecule has 1 atom stereocenters. The molecule has 39 heavy (non-hydrogen) atoms. The molecule has 0 radical (unpaired) electrons. The van der Waals surface area contributed by atoms with Crippen molar-refractivity contribution in [3.8, 4) is 0 Å². The number of amides is 1. The minimum absolute atomic E-state index is 0.0427. The first kappa shape index (κ1) is 25.5. The van der Waals surface area contributed by atoms with Crippen LogP contribution in [0.5, 0.6) is 0 Å². The Balaban J connectivity index is 1.35. The van der Waals surface area contributed by atoms with Crippen molar-refractivity contribution in [3.05, 3.63) is 117 Å². The molecule has 0 fully saturated rings. The molecule has 0 spiro atoms. The van der Waals surface area contributed by atoms with Crippen molar-refractivity contribution in [1.82, 2.24) is 10.2 Å². The minimum Gasteiger partial charge on any atom is -0.503 e. The van der Waals surface area contributed by atoms with Gasteiger partial charge in [0.2, 0.25) is 10.9 Å². The number of rotatable bonds is 7. The maximum atomic E-state index is 13.8. The lowest BCUT2D eigenvalue weighted by Crippen LogP contribution is -2.31. The van der Waals surface area contributed by atoms with Crippen molar-refractivity contribution in [1.29, 1.82) is 0 Å². The number of hydrogen-bond donors (Lipinski definition) is 1. The predicted octanol–water partition coefficient (Wildman–Crippen LogP) is 7.43. The summed E-state index contributed by atoms with van der Waals surface area (Å²) in [7, 11) is 0. The van der Waals surface area contributed by atoms with Crippen molar-refractivity contribution in [3.63, 3.8) is 0 Å². The Morgan fingerprint density at radius 1 is 1.08 bits per heavy atom. The van der Waals surface area contributed by atoms with E-state index in [0.717, 1.165) is 15.4 Å². The third-order valence-electron chi connectivity index (χ3n) is 6.37. The smallest absolute Gasteiger partial charge is 0.296 e. The summed E-state index contributed by atoms with van der Waals surface area (Å²) in [6.45, 7) is 2.04. The highest BCUT2D eigenvalue weighted by molar-refractivity contribution is 9.10. The lowest BCUT2D eigenvalue weighted by Gasteiger charge is -2.23. The minimum atomic E-state index is -0.908. The third kappa shape index (κ3) is 4.91. The maximum absolute atomic E-state index is 13.8. The number of aryl methyl sites for hydroxylation is 1. The second-order valence-electron chi connectivity index (χ2n) is 8.99. The molecule has 194 valence electrons. The van der Waals surface area contributed by atoms with E-state index < -0.39 is 23.5 Å². The van der Waals surface area contributed by atoms with Crippen LogP contribution >= 0.6 is 39.0 Å². The Kier molecular flexibility index (Phi) is 6.84. The monoisotopic (exact) mass is 617 g/mol. The van der Waals surface area contributed by atoms with Gasteiger partial charge in [0.25, 0.3) is 5.91 Å². The van der Waals surface area contributed by atoms with Crippen LogP contribution in [0, 0.1) is 6.92 Å². The van der Waals surface area contributed by atoms with E-state index in [4.69, 9.17) is 4.42 Å². The number of anilines is 1. The Bertz CT molecular complexity index is 1710. The fraction of sp³-hybridized carbons (Fsp3) is 0.103. The highest BCUT2D eigenvalue weighted by Gasteiger charge is 2.46. The van der Waals surface area contributed by atoms with E-state index in [2.05, 4.69) is 50.4 Å². The van der Waals surface area contributed by atoms with Crippen molar-refractivity contribution in [2.75, 3.05) is 4.90 Å². The number of para-hydroxylation sites is 1. The molecule has 7 nitrogen and oxygen atoms in total. The molecule has 2 aromatic heterocycles. The normalized spacial score (nSPS) is 15.5. The van der Waals surface area contributed by atoms with Crippen molar-refractivity contribution in [2.24, 2.45) is 0 Å². The Morgan fingerprint density at radius 2 is 1.82 bits per heavy atom. The number of Topliss-reactive ketones (excluding diaryl/α,β-unsaturated/α-hetero) is 1. The summed E-state index contributed by atoms with van der Waals surface area (Å²) in [6, 6.07) is 23.4. The molecule has 0 unspecified atom stereocenters. The molecule has 1 amide bonds. The van der Waals surface area contributed by atoms with Gasteiger partial charge in [0.1, 0.15) is 5.58 Å². The number of carbonyl (C=O) groups excluding carboxylic acids is 2. The molecule has 1 aliphatic heterocycles. The Hall–Kier alpha value is -3.73. The summed E-state index contributed by atoms with van der Waals surface area (Å²) in [4.78, 5) is 28.5. The largest absolute Gasteiger partial charge is 0.503 e. The van der Waals surface area contributed by atoms with Gasteiger partial charge in [-0.3, -0.25) is 14.5 Å². The van der Waals surface area contributed by atoms with Gasteiger partial charge in [0, 0.05) is 15.6 Å². The number of nitrogens with zero attached hydrogens (tertiary/aromatic N) is 3. The van der Waals surface area contributed by atoms with Crippen LogP contribution in [0.15, 0.2) is 103 Å². The summed E-state index contributed by atoms with van der Waals surface area (Å²) in [5, 5.41) is 20.6. The number of ketones is 1. The number of hydrogen-bond acceptors (Lipinski definition) is 8. The molecular formula is C29H20BrN3O4S2. The number of halogens is 1. The van der Waals surface area contributed by atoms with E-state index in [0.29, 0.717) is 26.4 Å². The van der Waals surface area contributed by atoms with Gasteiger partial charge in [0.05, 0.1) is 11.6 Å². The summed E-state index contributed by atoms with van der Waals surface area (Å²) in [5.74, 6) is -1.17. The topological polar surface area (TPSA) is 96.5 Å². The van der Waals surface area contributed by atoms with Gasteiger partial charge in [-0.25, -0.2) is 0 Å². The first-order valence-corrected chi connectivity index (χ1v) is 14.6. The van der Waals surface area contributed by atoms with Crippen molar-refractivity contribution < 1.29 is 19.1 Å². The van der Waals surface area contributed by atoms with Gasteiger partial charge in [-0.05, 0) is 42.3 Å². The van der Waals surface area contributed by atoms with E-state index in [1.807, 2.05) is 37.3 Å². The van der Waals surface area contributed by atoms with Crippen LogP contribution in [0.4, 0.5) is 5.13 Å². The molecule has 10 heteroatoms. The maximum Gasteiger partial charge on any atom is 0.296 e. The van der Waals surface area contributed by atoms with Crippen LogP contribution in [-0.2, 0) is 10.5 Å². The van der Waals surface area contributed by atoms with Crippen LogP contribution in [0.2, 0.25) is 0 Å². The fourth-order valence-electron chi connectivity index (χ4n) is 4.41. The SMILES string of the molecule is Cc1ccc(CSc2nnc(N3C(=O)C(O)=C(C(=O)c4cc5ccccc5o4)[C@H]3c3ccc(Br)cc3)s2)cc1. The Morgan fingerprint density at radius 3 is 2.56 bits per heavy atom. The number of aliphatic hydroxyl groups excluding tert-OH is 1. The first-order chi connectivity index (χ1) is 18.9. The number of benzene rings is 3. The van der Waals surface area contributed by atoms with Gasteiger partial charge in [-0.1, -0.05) is 99.2 Å². The number of furan rings is 1. The lowest BCUT2D eigenvalue weighted by molar-refractivity contribution is -0.117. The second-order valence-corrected chi connectivity index (χ2v) is 12.1. The summed E-state index contributed by atoms with van der Waals surface area (Å²) in [5.41, 5.74) is 3.45. The van der Waals surface area contributed by atoms with Crippen LogP contribution in [0.25, 0.3) is 11.0 Å². The van der Waals surface area contributed by atoms with E-state index in [1.54, 1.807) is 24.3 Å². The van der Waals surface area contributed by atoms with E-state index in [1.165, 1.54) is 33.6 Å². The van der Waals surface area contributed by atoms with E-state index in [9.17, 15) is 14.7 Å². The van der Waals surface area contributed by atoms with Crippen LogP contribution in [0.1, 0.15) is 33.3 Å². The van der Waals surface area contributed by atoms with Gasteiger partial charge < -0.3 is 9.52 Å². The molecule has 5 aromatic rings. The predicted molar refractivity (Wildman–Crippen MR) is 155 cm³/mol. The molecular weight excluding hydrogens is 598 g/mol. The number of aromatic nitrogens is 2. The zero-order valence-electron chi connectivity index (χ0n) is 20.5.